The largest absolute Gasteiger partial charge is 0.368 e. The van der Waals surface area contributed by atoms with Crippen LogP contribution in [0.5, 0.6) is 0 Å². The van der Waals surface area contributed by atoms with E-state index >= 15 is 0 Å². The minimum absolute atomic E-state index is 0.0487. The van der Waals surface area contributed by atoms with Gasteiger partial charge in [0, 0.05) is 32.2 Å². The Labute approximate surface area is 114 Å². The Bertz CT molecular complexity index is 323. The van der Waals surface area contributed by atoms with Crippen LogP contribution in [-0.4, -0.2) is 66.9 Å². The lowest BCUT2D eigenvalue weighted by molar-refractivity contribution is -0.138. The molecule has 19 heavy (non-hydrogen) atoms. The molecule has 108 valence electrons. The first-order valence-electron chi connectivity index (χ1n) is 7.17. The number of nitrogens with two attached hydrogens (primary N) is 1. The van der Waals surface area contributed by atoms with E-state index in [1.807, 2.05) is 0 Å². The first-order valence-corrected chi connectivity index (χ1v) is 7.17. The minimum atomic E-state index is -0.416. The maximum atomic E-state index is 12.4. The summed E-state index contributed by atoms with van der Waals surface area (Å²) in [5.74, 6) is -0.367. The molecule has 0 bridgehead atoms. The lowest BCUT2D eigenvalue weighted by Gasteiger charge is -2.32. The molecule has 0 aromatic carbocycles. The smallest absolute Gasteiger partial charge is 0.237 e. The summed E-state index contributed by atoms with van der Waals surface area (Å²) in [7, 11) is 0. The number of nitrogens with zero attached hydrogens (tertiary/aromatic N) is 2. The molecule has 1 saturated heterocycles. The van der Waals surface area contributed by atoms with Crippen molar-refractivity contribution in [2.24, 2.45) is 5.73 Å². The summed E-state index contributed by atoms with van der Waals surface area (Å²) in [6.07, 6.45) is 4.28. The summed E-state index contributed by atoms with van der Waals surface area (Å²) in [5, 5.41) is 3.26. The Balaban J connectivity index is 1.91. The van der Waals surface area contributed by atoms with Crippen LogP contribution >= 0.6 is 0 Å². The lowest BCUT2D eigenvalue weighted by Crippen LogP contribution is -2.51. The lowest BCUT2D eigenvalue weighted by atomic mass is 10.2. The molecule has 2 aliphatic rings. The molecule has 0 aromatic rings. The third-order valence-electron chi connectivity index (χ3n) is 3.98. The Morgan fingerprint density at radius 2 is 1.84 bits per heavy atom. The van der Waals surface area contributed by atoms with Gasteiger partial charge in [-0.25, -0.2) is 0 Å². The molecule has 6 nitrogen and oxygen atoms in total. The van der Waals surface area contributed by atoms with Crippen LogP contribution in [0.25, 0.3) is 0 Å². The fraction of sp³-hybridized carbons (Fsp3) is 0.846. The van der Waals surface area contributed by atoms with E-state index in [1.54, 1.807) is 4.90 Å². The van der Waals surface area contributed by atoms with Crippen molar-refractivity contribution in [3.63, 3.8) is 0 Å². The van der Waals surface area contributed by atoms with Crippen LogP contribution in [0, 0.1) is 0 Å². The monoisotopic (exact) mass is 268 g/mol. The fourth-order valence-corrected chi connectivity index (χ4v) is 2.96. The quantitative estimate of drug-likeness (QED) is 0.681. The van der Waals surface area contributed by atoms with Crippen molar-refractivity contribution in [3.05, 3.63) is 0 Å². The molecule has 3 N–H and O–H groups in total. The van der Waals surface area contributed by atoms with Gasteiger partial charge in [-0.2, -0.15) is 0 Å². The molecular formula is C13H24N4O2. The van der Waals surface area contributed by atoms with E-state index in [-0.39, 0.29) is 18.5 Å². The third-order valence-corrected chi connectivity index (χ3v) is 3.98. The highest BCUT2D eigenvalue weighted by Gasteiger charge is 2.28. The number of hydrogen-bond donors (Lipinski definition) is 2. The van der Waals surface area contributed by atoms with Crippen molar-refractivity contribution >= 4 is 11.8 Å². The average Bonchev–Trinajstić information content (AvgIpc) is 2.90. The number of rotatable bonds is 5. The van der Waals surface area contributed by atoms with Gasteiger partial charge in [0.1, 0.15) is 0 Å². The molecule has 0 atom stereocenters. The van der Waals surface area contributed by atoms with E-state index in [4.69, 9.17) is 5.73 Å². The van der Waals surface area contributed by atoms with Gasteiger partial charge in [-0.15, -0.1) is 0 Å². The second-order valence-electron chi connectivity index (χ2n) is 5.45. The van der Waals surface area contributed by atoms with E-state index in [0.717, 1.165) is 51.9 Å². The minimum Gasteiger partial charge on any atom is -0.368 e. The van der Waals surface area contributed by atoms with Gasteiger partial charge in [-0.3, -0.25) is 14.5 Å². The molecule has 0 aromatic heterocycles. The molecule has 0 radical (unpaired) electrons. The summed E-state index contributed by atoms with van der Waals surface area (Å²) >= 11 is 0. The number of hydrogen-bond acceptors (Lipinski definition) is 4. The van der Waals surface area contributed by atoms with Crippen LogP contribution < -0.4 is 11.1 Å². The SMILES string of the molecule is NC(=O)CN(C(=O)CN1CCNCC1)C1CCCC1. The first-order chi connectivity index (χ1) is 9.16. The molecule has 0 unspecified atom stereocenters. The van der Waals surface area contributed by atoms with Crippen LogP contribution in [-0.2, 0) is 9.59 Å². The van der Waals surface area contributed by atoms with E-state index in [1.165, 1.54) is 0 Å². The van der Waals surface area contributed by atoms with E-state index in [0.29, 0.717) is 6.54 Å². The van der Waals surface area contributed by atoms with Crippen molar-refractivity contribution in [3.8, 4) is 0 Å². The topological polar surface area (TPSA) is 78.7 Å². The summed E-state index contributed by atoms with van der Waals surface area (Å²) in [5.41, 5.74) is 5.28. The van der Waals surface area contributed by atoms with Crippen LogP contribution in [0.3, 0.4) is 0 Å². The molecule has 2 amide bonds. The average molecular weight is 268 g/mol. The summed E-state index contributed by atoms with van der Waals surface area (Å²) in [6.45, 7) is 4.10. The molecule has 2 fully saturated rings. The van der Waals surface area contributed by atoms with Gasteiger partial charge < -0.3 is 16.0 Å². The highest BCUT2D eigenvalue weighted by Crippen LogP contribution is 2.23. The second kappa shape index (κ2) is 6.86. The molecule has 1 heterocycles. The van der Waals surface area contributed by atoms with Gasteiger partial charge in [0.25, 0.3) is 0 Å². The molecule has 6 heteroatoms. The number of piperazine rings is 1. The normalized spacial score (nSPS) is 21.5. The molecule has 1 saturated carbocycles. The molecular weight excluding hydrogens is 244 g/mol. The van der Waals surface area contributed by atoms with Crippen LogP contribution in [0.1, 0.15) is 25.7 Å². The van der Waals surface area contributed by atoms with Crippen molar-refractivity contribution in [2.45, 2.75) is 31.7 Å². The van der Waals surface area contributed by atoms with Crippen LogP contribution in [0.4, 0.5) is 0 Å². The highest BCUT2D eigenvalue weighted by molar-refractivity contribution is 5.85. The summed E-state index contributed by atoms with van der Waals surface area (Å²) in [4.78, 5) is 27.4. The first kappa shape index (κ1) is 14.3. The Kier molecular flexibility index (Phi) is 5.15. The zero-order valence-corrected chi connectivity index (χ0v) is 11.4. The van der Waals surface area contributed by atoms with Crippen molar-refractivity contribution in [2.75, 3.05) is 39.3 Å². The Hall–Kier alpha value is -1.14. The van der Waals surface area contributed by atoms with Gasteiger partial charge in [-0.05, 0) is 12.8 Å². The summed E-state index contributed by atoms with van der Waals surface area (Å²) < 4.78 is 0. The molecule has 2 rings (SSSR count). The van der Waals surface area contributed by atoms with Crippen molar-refractivity contribution < 1.29 is 9.59 Å². The number of carbonyl (C=O) groups is 2. The molecule has 1 aliphatic carbocycles. The Morgan fingerprint density at radius 3 is 2.42 bits per heavy atom. The van der Waals surface area contributed by atoms with E-state index < -0.39 is 5.91 Å². The maximum Gasteiger partial charge on any atom is 0.237 e. The zero-order chi connectivity index (χ0) is 13.7. The zero-order valence-electron chi connectivity index (χ0n) is 11.4. The number of amides is 2. The van der Waals surface area contributed by atoms with Gasteiger partial charge >= 0.3 is 0 Å². The highest BCUT2D eigenvalue weighted by atomic mass is 16.2. The molecule has 1 aliphatic heterocycles. The summed E-state index contributed by atoms with van der Waals surface area (Å²) in [6, 6.07) is 0.211. The number of carbonyl (C=O) groups excluding carboxylic acids is 2. The number of nitrogens with one attached hydrogen (secondary N) is 1. The van der Waals surface area contributed by atoms with Crippen LogP contribution in [0.15, 0.2) is 0 Å². The van der Waals surface area contributed by atoms with Gasteiger partial charge in [0.05, 0.1) is 13.1 Å². The van der Waals surface area contributed by atoms with Crippen molar-refractivity contribution in [1.29, 1.82) is 0 Å². The molecule has 0 spiro atoms. The van der Waals surface area contributed by atoms with Crippen molar-refractivity contribution in [1.82, 2.24) is 15.1 Å². The fourth-order valence-electron chi connectivity index (χ4n) is 2.96. The maximum absolute atomic E-state index is 12.4. The Morgan fingerprint density at radius 1 is 1.21 bits per heavy atom. The van der Waals surface area contributed by atoms with Crippen LogP contribution in [0.2, 0.25) is 0 Å². The predicted octanol–water partition coefficient (Wildman–Crippen LogP) is -0.852. The number of primary amides is 1. The van der Waals surface area contributed by atoms with E-state index in [2.05, 4.69) is 10.2 Å². The van der Waals surface area contributed by atoms with Gasteiger partial charge in [-0.1, -0.05) is 12.8 Å². The third kappa shape index (κ3) is 4.18. The van der Waals surface area contributed by atoms with E-state index in [9.17, 15) is 9.59 Å². The second-order valence-corrected chi connectivity index (χ2v) is 5.45. The standard InChI is InChI=1S/C13H24N4O2/c14-12(18)9-17(11-3-1-2-4-11)13(19)10-16-7-5-15-6-8-16/h11,15H,1-10H2,(H2,14,18). The van der Waals surface area contributed by atoms with Gasteiger partial charge in [0.2, 0.25) is 11.8 Å². The van der Waals surface area contributed by atoms with Gasteiger partial charge in [0.15, 0.2) is 0 Å². The predicted molar refractivity (Wildman–Crippen MR) is 72.5 cm³/mol.